The average Bonchev–Trinajstić information content (AvgIpc) is 3.72. The number of rotatable bonds is 5. The molecule has 9 heteroatoms. The zero-order valence-corrected chi connectivity index (χ0v) is 28.8. The molecule has 7 unspecified atom stereocenters. The zero-order chi connectivity index (χ0) is 34.3. The largest absolute Gasteiger partial charge is 0.497 e. The maximum atomic E-state index is 13.5. The van der Waals surface area contributed by atoms with E-state index in [9.17, 15) is 14.7 Å². The predicted molar refractivity (Wildman–Crippen MR) is 192 cm³/mol. The number of para-hydroxylation sites is 2. The molecule has 258 valence electrons. The molecule has 3 N–H and O–H groups in total. The Kier molecular flexibility index (Phi) is 7.46. The molecule has 5 aliphatic heterocycles. The molecule has 2 fully saturated rings. The van der Waals surface area contributed by atoms with Gasteiger partial charge in [0.1, 0.15) is 6.10 Å². The molecule has 2 aromatic carbocycles. The van der Waals surface area contributed by atoms with Gasteiger partial charge in [-0.05, 0) is 68.7 Å². The van der Waals surface area contributed by atoms with Gasteiger partial charge in [0, 0.05) is 76.4 Å². The Morgan fingerprint density at radius 2 is 1.78 bits per heavy atom. The van der Waals surface area contributed by atoms with Gasteiger partial charge in [-0.3, -0.25) is 9.69 Å². The second-order valence-electron chi connectivity index (χ2n) is 14.9. The van der Waals surface area contributed by atoms with E-state index in [1.165, 1.54) is 29.3 Å². The van der Waals surface area contributed by atoms with Crippen molar-refractivity contribution in [1.82, 2.24) is 19.8 Å². The Bertz CT molecular complexity index is 2120. The molecular weight excluding hydrogens is 628 g/mol. The number of aromatic nitrogens is 2. The average molecular weight is 673 g/mol. The van der Waals surface area contributed by atoms with Gasteiger partial charge >= 0.3 is 11.9 Å². The van der Waals surface area contributed by atoms with Crippen LogP contribution in [-0.4, -0.2) is 69.7 Å². The molecule has 4 aromatic rings. The van der Waals surface area contributed by atoms with Crippen LogP contribution in [0.5, 0.6) is 0 Å². The lowest BCUT2D eigenvalue weighted by Gasteiger charge is -2.49. The fourth-order valence-electron chi connectivity index (χ4n) is 10.1. The number of carbonyl (C=O) groups excluding carboxylic acids is 1. The number of hydrogen-bond acceptors (Lipinski definition) is 6. The Morgan fingerprint density at radius 3 is 2.54 bits per heavy atom. The van der Waals surface area contributed by atoms with Crippen LogP contribution in [0.25, 0.3) is 27.4 Å². The van der Waals surface area contributed by atoms with E-state index in [1.807, 2.05) is 6.07 Å². The molecule has 0 aliphatic carbocycles. The van der Waals surface area contributed by atoms with Crippen LogP contribution < -0.4 is 0 Å². The summed E-state index contributed by atoms with van der Waals surface area (Å²) in [6.45, 7) is 6.59. The number of benzene rings is 2. The highest BCUT2D eigenvalue weighted by molar-refractivity contribution is 5.96. The third-order valence-corrected chi connectivity index (χ3v) is 12.6. The van der Waals surface area contributed by atoms with Gasteiger partial charge in [0.05, 0.1) is 36.9 Å². The molecule has 2 saturated heterocycles. The number of allylic oxidation sites excluding steroid dienone is 2. The van der Waals surface area contributed by atoms with Crippen LogP contribution in [0.4, 0.5) is 0 Å². The number of carbonyl (C=O) groups is 2. The third kappa shape index (κ3) is 4.77. The smallest absolute Gasteiger partial charge is 0.337 e. The molecule has 7 heterocycles. The van der Waals surface area contributed by atoms with Gasteiger partial charge in [0.15, 0.2) is 0 Å². The standard InChI is InChI=1S/C41H44N4O5/c1-4-23-18-44-14-13-26-25-9-5-7-11-33(25)42-38(26)35(44)16-28(23)30(40(46)47)15-24-19-45-20-31-22(2)50-21-32(41(48)49-3)29(31)17-36(45)39-37(24)27-10-6-8-12-34(27)43-39/h4-12,19,21-22,28-31,35-36,42-43H,13-18,20H2,1-3H3,(H,46,47). The van der Waals surface area contributed by atoms with Crippen molar-refractivity contribution in [3.05, 3.63) is 101 Å². The van der Waals surface area contributed by atoms with E-state index in [-0.39, 0.29) is 41.9 Å². The number of nitrogens with zero attached hydrogens (tertiary/aromatic N) is 2. The molecule has 50 heavy (non-hydrogen) atoms. The van der Waals surface area contributed by atoms with E-state index in [0.29, 0.717) is 18.5 Å². The van der Waals surface area contributed by atoms with Gasteiger partial charge in [0.25, 0.3) is 0 Å². The van der Waals surface area contributed by atoms with Crippen LogP contribution in [0.3, 0.4) is 0 Å². The number of aromatic amines is 2. The fourth-order valence-corrected chi connectivity index (χ4v) is 10.1. The number of nitrogens with one attached hydrogen (secondary N) is 2. The van der Waals surface area contributed by atoms with Gasteiger partial charge in [-0.25, -0.2) is 4.79 Å². The van der Waals surface area contributed by atoms with E-state index >= 15 is 0 Å². The molecular formula is C41H44N4O5. The van der Waals surface area contributed by atoms with E-state index in [2.05, 4.69) is 88.4 Å². The van der Waals surface area contributed by atoms with Gasteiger partial charge < -0.3 is 29.4 Å². The van der Waals surface area contributed by atoms with Crippen molar-refractivity contribution >= 4 is 39.3 Å². The highest BCUT2D eigenvalue weighted by Crippen LogP contribution is 2.52. The van der Waals surface area contributed by atoms with Crippen molar-refractivity contribution in [1.29, 1.82) is 0 Å². The van der Waals surface area contributed by atoms with Crippen molar-refractivity contribution in [2.75, 3.05) is 26.7 Å². The molecule has 2 aromatic heterocycles. The molecule has 7 atom stereocenters. The SMILES string of the molecule is CC=C1CN2CCc3c([nH]c4ccccc34)C2CC1C(CC1=CN2CC3C(C)OC=C(C(=O)OC)C3CC2c2[nH]c3ccccc3c21)C(=O)O. The summed E-state index contributed by atoms with van der Waals surface area (Å²) in [6, 6.07) is 17.0. The van der Waals surface area contributed by atoms with Crippen LogP contribution in [0.2, 0.25) is 0 Å². The lowest BCUT2D eigenvalue weighted by Crippen LogP contribution is -2.49. The first kappa shape index (κ1) is 31.2. The number of H-pyrrole nitrogens is 2. The maximum absolute atomic E-state index is 13.5. The highest BCUT2D eigenvalue weighted by Gasteiger charge is 2.48. The third-order valence-electron chi connectivity index (χ3n) is 12.6. The van der Waals surface area contributed by atoms with Crippen molar-refractivity contribution in [3.63, 3.8) is 0 Å². The zero-order valence-electron chi connectivity index (χ0n) is 28.8. The summed E-state index contributed by atoms with van der Waals surface area (Å²) in [6.07, 6.45) is 8.87. The molecule has 5 aliphatic rings. The van der Waals surface area contributed by atoms with Crippen molar-refractivity contribution in [2.24, 2.45) is 23.7 Å². The normalized spacial score (nSPS) is 28.8. The van der Waals surface area contributed by atoms with Gasteiger partial charge in [-0.15, -0.1) is 0 Å². The second-order valence-corrected chi connectivity index (χ2v) is 14.9. The van der Waals surface area contributed by atoms with Crippen LogP contribution in [-0.2, 0) is 25.5 Å². The topological polar surface area (TPSA) is 111 Å². The van der Waals surface area contributed by atoms with Crippen molar-refractivity contribution in [2.45, 2.75) is 57.7 Å². The molecule has 0 radical (unpaired) electrons. The summed E-state index contributed by atoms with van der Waals surface area (Å²) in [5.41, 5.74) is 9.93. The predicted octanol–water partition coefficient (Wildman–Crippen LogP) is 7.12. The fraction of sp³-hybridized carbons (Fsp3) is 0.415. The summed E-state index contributed by atoms with van der Waals surface area (Å²) in [5.74, 6) is -1.68. The van der Waals surface area contributed by atoms with Gasteiger partial charge in [-0.2, -0.15) is 0 Å². The number of methoxy groups -OCH3 is 1. The minimum absolute atomic E-state index is 0.000823. The van der Waals surface area contributed by atoms with Crippen molar-refractivity contribution < 1.29 is 24.2 Å². The number of aliphatic carboxylic acids is 1. The van der Waals surface area contributed by atoms with Crippen LogP contribution >= 0.6 is 0 Å². The lowest BCUT2D eigenvalue weighted by molar-refractivity contribution is -0.143. The summed E-state index contributed by atoms with van der Waals surface area (Å²) in [7, 11) is 1.42. The lowest BCUT2D eigenvalue weighted by atomic mass is 9.70. The number of ether oxygens (including phenoxy) is 2. The number of piperidine rings is 2. The summed E-state index contributed by atoms with van der Waals surface area (Å²) in [4.78, 5) is 38.7. The minimum Gasteiger partial charge on any atom is -0.497 e. The first-order valence-corrected chi connectivity index (χ1v) is 18.1. The molecule has 0 saturated carbocycles. The quantitative estimate of drug-likeness (QED) is 0.153. The van der Waals surface area contributed by atoms with Crippen molar-refractivity contribution in [3.8, 4) is 0 Å². The number of fused-ring (bicyclic) bond motifs is 11. The van der Waals surface area contributed by atoms with E-state index in [1.54, 1.807) is 6.26 Å². The van der Waals surface area contributed by atoms with Gasteiger partial charge in [-0.1, -0.05) is 48.0 Å². The second kappa shape index (κ2) is 11.9. The Hall–Kier alpha value is -4.76. The molecule has 0 amide bonds. The Morgan fingerprint density at radius 1 is 1.04 bits per heavy atom. The Labute approximate surface area is 291 Å². The van der Waals surface area contributed by atoms with E-state index in [0.717, 1.165) is 65.6 Å². The first-order valence-electron chi connectivity index (χ1n) is 18.1. The Balaban J connectivity index is 1.09. The number of carboxylic acid groups (broad SMARTS) is 1. The molecule has 0 spiro atoms. The van der Waals surface area contributed by atoms with Crippen LogP contribution in [0.1, 0.15) is 67.7 Å². The summed E-state index contributed by atoms with van der Waals surface area (Å²) >= 11 is 0. The first-order chi connectivity index (χ1) is 24.3. The number of hydrogen-bond donors (Lipinski definition) is 3. The maximum Gasteiger partial charge on any atom is 0.337 e. The molecule has 9 rings (SSSR count). The molecule has 9 nitrogen and oxygen atoms in total. The van der Waals surface area contributed by atoms with Gasteiger partial charge in [0.2, 0.25) is 0 Å². The van der Waals surface area contributed by atoms with Crippen LogP contribution in [0.15, 0.2) is 78.2 Å². The highest BCUT2D eigenvalue weighted by atomic mass is 16.5. The number of esters is 1. The minimum atomic E-state index is -0.749. The van der Waals surface area contributed by atoms with E-state index < -0.39 is 11.9 Å². The van der Waals surface area contributed by atoms with Crippen LogP contribution in [0, 0.1) is 23.7 Å². The summed E-state index contributed by atoms with van der Waals surface area (Å²) < 4.78 is 11.2. The molecule has 0 bridgehead atoms. The monoisotopic (exact) mass is 672 g/mol. The summed E-state index contributed by atoms with van der Waals surface area (Å²) in [5, 5.41) is 13.4. The number of carboxylic acids is 1. The van der Waals surface area contributed by atoms with E-state index in [4.69, 9.17) is 9.47 Å².